The molecule has 1 aliphatic rings. The molecule has 2 aromatic carbocycles. The molecule has 1 fully saturated rings. The molecule has 0 aliphatic carbocycles. The van der Waals surface area contributed by atoms with E-state index in [0.29, 0.717) is 13.0 Å². The summed E-state index contributed by atoms with van der Waals surface area (Å²) in [6.07, 6.45) is 2.97. The maximum atomic E-state index is 12.1. The largest absolute Gasteiger partial charge is 0.385 e. The van der Waals surface area contributed by atoms with Crippen LogP contribution in [-0.2, 0) is 4.79 Å². The van der Waals surface area contributed by atoms with Crippen LogP contribution in [0.1, 0.15) is 26.2 Å². The normalized spacial score (nSPS) is 14.6. The molecular weight excluding hydrogens is 348 g/mol. The molecule has 2 aromatic rings. The van der Waals surface area contributed by atoms with Gasteiger partial charge in [-0.2, -0.15) is 0 Å². The van der Waals surface area contributed by atoms with Crippen molar-refractivity contribution in [3.8, 4) is 0 Å². The van der Waals surface area contributed by atoms with Crippen molar-refractivity contribution in [2.24, 2.45) is 5.92 Å². The van der Waals surface area contributed by atoms with Crippen molar-refractivity contribution < 1.29 is 4.79 Å². The summed E-state index contributed by atoms with van der Waals surface area (Å²) < 4.78 is 0. The molecule has 5 nitrogen and oxygen atoms in total. The molecule has 1 aliphatic heterocycles. The second-order valence-corrected chi connectivity index (χ2v) is 7.88. The first-order chi connectivity index (χ1) is 13.5. The van der Waals surface area contributed by atoms with Crippen molar-refractivity contribution in [2.75, 3.05) is 54.2 Å². The first-order valence-corrected chi connectivity index (χ1v) is 10.2. The van der Waals surface area contributed by atoms with Gasteiger partial charge in [0.15, 0.2) is 0 Å². The maximum absolute atomic E-state index is 12.1. The lowest BCUT2D eigenvalue weighted by Crippen LogP contribution is -2.32. The molecule has 0 unspecified atom stereocenters. The van der Waals surface area contributed by atoms with Crippen molar-refractivity contribution in [3.05, 3.63) is 48.5 Å². The lowest BCUT2D eigenvalue weighted by atomic mass is 9.99. The van der Waals surface area contributed by atoms with Gasteiger partial charge in [-0.05, 0) is 67.3 Å². The van der Waals surface area contributed by atoms with E-state index in [2.05, 4.69) is 46.7 Å². The number of rotatable bonds is 7. The Morgan fingerprint density at radius 3 is 2.21 bits per heavy atom. The number of hydrogen-bond acceptors (Lipinski definition) is 4. The number of amides is 1. The SMILES string of the molecule is CC1CCN(c2ccc(NCCC(=O)Nc3ccc(N(C)C)cc3)cc2)CC1. The minimum Gasteiger partial charge on any atom is -0.385 e. The Morgan fingerprint density at radius 2 is 1.61 bits per heavy atom. The Balaban J connectivity index is 1.41. The first kappa shape index (κ1) is 20.1. The average molecular weight is 381 g/mol. The first-order valence-electron chi connectivity index (χ1n) is 10.2. The van der Waals surface area contributed by atoms with Crippen molar-refractivity contribution in [1.29, 1.82) is 0 Å². The zero-order chi connectivity index (χ0) is 19.9. The number of nitrogens with zero attached hydrogens (tertiary/aromatic N) is 2. The quantitative estimate of drug-likeness (QED) is 0.746. The van der Waals surface area contributed by atoms with Crippen LogP contribution >= 0.6 is 0 Å². The van der Waals surface area contributed by atoms with E-state index in [9.17, 15) is 4.79 Å². The topological polar surface area (TPSA) is 47.6 Å². The summed E-state index contributed by atoms with van der Waals surface area (Å²) in [6, 6.07) is 16.4. The summed E-state index contributed by atoms with van der Waals surface area (Å²) in [6.45, 7) is 5.23. The van der Waals surface area contributed by atoms with Crippen molar-refractivity contribution >= 4 is 28.7 Å². The maximum Gasteiger partial charge on any atom is 0.226 e. The molecular formula is C23H32N4O. The van der Waals surface area contributed by atoms with Crippen LogP contribution in [0.5, 0.6) is 0 Å². The van der Waals surface area contributed by atoms with Gasteiger partial charge in [0.25, 0.3) is 0 Å². The van der Waals surface area contributed by atoms with Gasteiger partial charge in [0, 0.05) is 62.9 Å². The highest BCUT2D eigenvalue weighted by atomic mass is 16.1. The predicted molar refractivity (Wildman–Crippen MR) is 120 cm³/mol. The van der Waals surface area contributed by atoms with E-state index in [1.807, 2.05) is 43.3 Å². The molecule has 1 heterocycles. The van der Waals surface area contributed by atoms with Crippen LogP contribution in [0.3, 0.4) is 0 Å². The molecule has 0 spiro atoms. The summed E-state index contributed by atoms with van der Waals surface area (Å²) in [4.78, 5) is 16.6. The number of carbonyl (C=O) groups excluding carboxylic acids is 1. The molecule has 0 saturated carbocycles. The molecule has 5 heteroatoms. The van der Waals surface area contributed by atoms with Gasteiger partial charge < -0.3 is 20.4 Å². The molecule has 0 bridgehead atoms. The van der Waals surface area contributed by atoms with Crippen molar-refractivity contribution in [2.45, 2.75) is 26.2 Å². The fraction of sp³-hybridized carbons (Fsp3) is 0.435. The highest BCUT2D eigenvalue weighted by Gasteiger charge is 2.15. The highest BCUT2D eigenvalue weighted by molar-refractivity contribution is 5.91. The molecule has 28 heavy (non-hydrogen) atoms. The molecule has 0 aromatic heterocycles. The van der Waals surface area contributed by atoms with Crippen LogP contribution in [0.15, 0.2) is 48.5 Å². The second kappa shape index (κ2) is 9.49. The van der Waals surface area contributed by atoms with E-state index in [0.717, 1.165) is 36.1 Å². The summed E-state index contributed by atoms with van der Waals surface area (Å²) in [5, 5.41) is 6.28. The Bertz CT molecular complexity index is 747. The minimum atomic E-state index is 0.0177. The van der Waals surface area contributed by atoms with E-state index in [1.165, 1.54) is 18.5 Å². The van der Waals surface area contributed by atoms with Gasteiger partial charge in [0.2, 0.25) is 5.91 Å². The van der Waals surface area contributed by atoms with Crippen LogP contribution in [0.4, 0.5) is 22.7 Å². The van der Waals surface area contributed by atoms with Crippen molar-refractivity contribution in [1.82, 2.24) is 0 Å². The lowest BCUT2D eigenvalue weighted by Gasteiger charge is -2.32. The zero-order valence-corrected chi connectivity index (χ0v) is 17.2. The fourth-order valence-electron chi connectivity index (χ4n) is 3.44. The third-order valence-electron chi connectivity index (χ3n) is 5.36. The highest BCUT2D eigenvalue weighted by Crippen LogP contribution is 2.24. The van der Waals surface area contributed by atoms with E-state index in [4.69, 9.17) is 0 Å². The monoisotopic (exact) mass is 380 g/mol. The Hall–Kier alpha value is -2.69. The number of hydrogen-bond donors (Lipinski definition) is 2. The van der Waals surface area contributed by atoms with Crippen LogP contribution in [0.2, 0.25) is 0 Å². The Morgan fingerprint density at radius 1 is 1.00 bits per heavy atom. The minimum absolute atomic E-state index is 0.0177. The van der Waals surface area contributed by atoms with Crippen LogP contribution < -0.4 is 20.4 Å². The molecule has 3 rings (SSSR count). The van der Waals surface area contributed by atoms with Gasteiger partial charge in [-0.15, -0.1) is 0 Å². The molecule has 1 amide bonds. The summed E-state index contributed by atoms with van der Waals surface area (Å²) in [7, 11) is 4.00. The molecule has 0 atom stereocenters. The number of carbonyl (C=O) groups is 1. The smallest absolute Gasteiger partial charge is 0.226 e. The average Bonchev–Trinajstić information content (AvgIpc) is 2.69. The van der Waals surface area contributed by atoms with Crippen LogP contribution in [0, 0.1) is 5.92 Å². The fourth-order valence-corrected chi connectivity index (χ4v) is 3.44. The summed E-state index contributed by atoms with van der Waals surface area (Å²) in [5.74, 6) is 0.860. The van der Waals surface area contributed by atoms with E-state index in [-0.39, 0.29) is 5.91 Å². The van der Waals surface area contributed by atoms with Gasteiger partial charge in [0.1, 0.15) is 0 Å². The Labute approximate surface area is 168 Å². The van der Waals surface area contributed by atoms with Gasteiger partial charge in [-0.3, -0.25) is 4.79 Å². The zero-order valence-electron chi connectivity index (χ0n) is 17.2. The molecule has 1 saturated heterocycles. The van der Waals surface area contributed by atoms with Gasteiger partial charge >= 0.3 is 0 Å². The molecule has 2 N–H and O–H groups in total. The third-order valence-corrected chi connectivity index (χ3v) is 5.36. The molecule has 0 radical (unpaired) electrons. The predicted octanol–water partition coefficient (Wildman–Crippen LogP) is 4.43. The second-order valence-electron chi connectivity index (χ2n) is 7.88. The number of anilines is 4. The summed E-state index contributed by atoms with van der Waals surface area (Å²) in [5.41, 5.74) is 4.28. The van der Waals surface area contributed by atoms with Crippen LogP contribution in [0.25, 0.3) is 0 Å². The van der Waals surface area contributed by atoms with E-state index < -0.39 is 0 Å². The van der Waals surface area contributed by atoms with Gasteiger partial charge in [-0.1, -0.05) is 6.92 Å². The van der Waals surface area contributed by atoms with Gasteiger partial charge in [0.05, 0.1) is 0 Å². The number of benzene rings is 2. The Kier molecular flexibility index (Phi) is 6.80. The van der Waals surface area contributed by atoms with E-state index >= 15 is 0 Å². The lowest BCUT2D eigenvalue weighted by molar-refractivity contribution is -0.115. The number of nitrogens with one attached hydrogen (secondary N) is 2. The van der Waals surface area contributed by atoms with Crippen molar-refractivity contribution in [3.63, 3.8) is 0 Å². The third kappa shape index (κ3) is 5.65. The van der Waals surface area contributed by atoms with Crippen LogP contribution in [-0.4, -0.2) is 39.6 Å². The summed E-state index contributed by atoms with van der Waals surface area (Å²) >= 11 is 0. The number of piperidine rings is 1. The standard InChI is InChI=1S/C23H32N4O/c1-18-13-16-27(17-14-18)22-10-4-19(5-11-22)24-15-12-23(28)25-20-6-8-21(9-7-20)26(2)3/h4-11,18,24H,12-17H2,1-3H3,(H,25,28). The van der Waals surface area contributed by atoms with E-state index in [1.54, 1.807) is 0 Å². The molecule has 150 valence electrons. The van der Waals surface area contributed by atoms with Gasteiger partial charge in [-0.25, -0.2) is 0 Å².